The van der Waals surface area contributed by atoms with Gasteiger partial charge in [0, 0.05) is 13.2 Å². The predicted molar refractivity (Wildman–Crippen MR) is 58.3 cm³/mol. The van der Waals surface area contributed by atoms with Crippen molar-refractivity contribution >= 4 is 12.0 Å². The highest BCUT2D eigenvalue weighted by Gasteiger charge is 1.95. The lowest BCUT2D eigenvalue weighted by molar-refractivity contribution is -0.138. The molecule has 0 aliphatic rings. The molecule has 0 atom stereocenters. The number of rotatable bonds is 5. The third kappa shape index (κ3) is 4.98. The van der Waals surface area contributed by atoms with Gasteiger partial charge in [-0.15, -0.1) is 0 Å². The summed E-state index contributed by atoms with van der Waals surface area (Å²) in [5.74, 6) is -0.351. The molecule has 0 amide bonds. The highest BCUT2D eigenvalue weighted by atomic mass is 16.6. The van der Waals surface area contributed by atoms with Crippen LogP contribution in [0.2, 0.25) is 0 Å². The van der Waals surface area contributed by atoms with E-state index in [1.165, 1.54) is 6.08 Å². The summed E-state index contributed by atoms with van der Waals surface area (Å²) in [5.41, 5.74) is 0.973. The molecule has 80 valence electrons. The minimum Gasteiger partial charge on any atom is -0.460 e. The van der Waals surface area contributed by atoms with Gasteiger partial charge in [0.15, 0.2) is 0 Å². The standard InChI is InChI=1S/C12H14O3/c1-14-9-10-15-12(13)8-7-11-5-3-2-4-6-11/h2-8H,9-10H2,1H3. The number of ether oxygens (including phenoxy) is 2. The topological polar surface area (TPSA) is 35.5 Å². The quantitative estimate of drug-likeness (QED) is 0.419. The highest BCUT2D eigenvalue weighted by molar-refractivity contribution is 5.86. The lowest BCUT2D eigenvalue weighted by Gasteiger charge is -1.99. The lowest BCUT2D eigenvalue weighted by atomic mass is 10.2. The Balaban J connectivity index is 2.34. The van der Waals surface area contributed by atoms with E-state index in [9.17, 15) is 4.79 Å². The lowest BCUT2D eigenvalue weighted by Crippen LogP contribution is -2.06. The predicted octanol–water partition coefficient (Wildman–Crippen LogP) is 1.89. The van der Waals surface area contributed by atoms with Crippen LogP contribution in [-0.4, -0.2) is 26.3 Å². The van der Waals surface area contributed by atoms with Gasteiger partial charge in [-0.3, -0.25) is 0 Å². The summed E-state index contributed by atoms with van der Waals surface area (Å²) in [4.78, 5) is 11.1. The van der Waals surface area contributed by atoms with E-state index in [4.69, 9.17) is 9.47 Å². The molecular weight excluding hydrogens is 192 g/mol. The minimum absolute atomic E-state index is 0.286. The summed E-state index contributed by atoms with van der Waals surface area (Å²) in [6.45, 7) is 0.708. The summed E-state index contributed by atoms with van der Waals surface area (Å²) in [7, 11) is 1.56. The Labute approximate surface area is 89.3 Å². The van der Waals surface area contributed by atoms with Gasteiger partial charge in [-0.2, -0.15) is 0 Å². The fraction of sp³-hybridized carbons (Fsp3) is 0.250. The van der Waals surface area contributed by atoms with Gasteiger partial charge >= 0.3 is 5.97 Å². The second-order valence-corrected chi connectivity index (χ2v) is 2.90. The van der Waals surface area contributed by atoms with Crippen molar-refractivity contribution in [3.63, 3.8) is 0 Å². The molecule has 0 aliphatic heterocycles. The Morgan fingerprint density at radius 3 is 2.67 bits per heavy atom. The molecule has 0 aromatic heterocycles. The van der Waals surface area contributed by atoms with Crippen molar-refractivity contribution in [2.75, 3.05) is 20.3 Å². The van der Waals surface area contributed by atoms with E-state index in [1.54, 1.807) is 13.2 Å². The van der Waals surface area contributed by atoms with E-state index in [0.29, 0.717) is 6.61 Å². The Bertz CT molecular complexity index is 317. The van der Waals surface area contributed by atoms with E-state index in [2.05, 4.69) is 0 Å². The number of esters is 1. The Morgan fingerprint density at radius 1 is 1.27 bits per heavy atom. The largest absolute Gasteiger partial charge is 0.460 e. The first kappa shape index (κ1) is 11.5. The van der Waals surface area contributed by atoms with E-state index in [0.717, 1.165) is 5.56 Å². The first-order valence-corrected chi connectivity index (χ1v) is 4.72. The summed E-state index contributed by atoms with van der Waals surface area (Å²) in [6.07, 6.45) is 3.13. The summed E-state index contributed by atoms with van der Waals surface area (Å²) >= 11 is 0. The zero-order valence-corrected chi connectivity index (χ0v) is 8.68. The van der Waals surface area contributed by atoms with Crippen molar-refractivity contribution < 1.29 is 14.3 Å². The third-order valence-electron chi connectivity index (χ3n) is 1.74. The normalized spacial score (nSPS) is 10.5. The molecule has 0 unspecified atom stereocenters. The Hall–Kier alpha value is -1.61. The zero-order valence-electron chi connectivity index (χ0n) is 8.68. The number of benzene rings is 1. The third-order valence-corrected chi connectivity index (χ3v) is 1.74. The van der Waals surface area contributed by atoms with Crippen LogP contribution in [0.5, 0.6) is 0 Å². The van der Waals surface area contributed by atoms with Crippen LogP contribution in [0, 0.1) is 0 Å². The average molecular weight is 206 g/mol. The van der Waals surface area contributed by atoms with Crippen molar-refractivity contribution in [1.82, 2.24) is 0 Å². The first-order chi connectivity index (χ1) is 7.33. The van der Waals surface area contributed by atoms with Crippen LogP contribution in [0.3, 0.4) is 0 Å². The van der Waals surface area contributed by atoms with Crippen molar-refractivity contribution in [3.05, 3.63) is 42.0 Å². The van der Waals surface area contributed by atoms with Gasteiger partial charge in [0.1, 0.15) is 6.61 Å². The van der Waals surface area contributed by atoms with Crippen molar-refractivity contribution in [1.29, 1.82) is 0 Å². The van der Waals surface area contributed by atoms with Crippen LogP contribution in [-0.2, 0) is 14.3 Å². The fourth-order valence-corrected chi connectivity index (χ4v) is 1.00. The van der Waals surface area contributed by atoms with Crippen LogP contribution in [0.15, 0.2) is 36.4 Å². The van der Waals surface area contributed by atoms with Gasteiger partial charge in [0.2, 0.25) is 0 Å². The van der Waals surface area contributed by atoms with Crippen LogP contribution in [0.4, 0.5) is 0 Å². The van der Waals surface area contributed by atoms with Gasteiger partial charge < -0.3 is 9.47 Å². The smallest absolute Gasteiger partial charge is 0.330 e. The first-order valence-electron chi connectivity index (χ1n) is 4.72. The molecule has 0 fully saturated rings. The molecule has 0 radical (unpaired) electrons. The molecule has 15 heavy (non-hydrogen) atoms. The van der Waals surface area contributed by atoms with Crippen molar-refractivity contribution in [2.24, 2.45) is 0 Å². The maximum absolute atomic E-state index is 11.1. The number of hydrogen-bond acceptors (Lipinski definition) is 3. The zero-order chi connectivity index (χ0) is 10.9. The molecule has 0 aliphatic carbocycles. The minimum atomic E-state index is -0.351. The molecule has 0 saturated carbocycles. The number of carbonyl (C=O) groups is 1. The van der Waals surface area contributed by atoms with Gasteiger partial charge in [0.05, 0.1) is 6.61 Å². The summed E-state index contributed by atoms with van der Waals surface area (Å²) in [5, 5.41) is 0. The maximum Gasteiger partial charge on any atom is 0.330 e. The maximum atomic E-state index is 11.1. The Morgan fingerprint density at radius 2 is 2.00 bits per heavy atom. The second-order valence-electron chi connectivity index (χ2n) is 2.90. The monoisotopic (exact) mass is 206 g/mol. The van der Waals surface area contributed by atoms with Crippen LogP contribution >= 0.6 is 0 Å². The molecule has 0 heterocycles. The Kier molecular flexibility index (Phi) is 5.19. The number of hydrogen-bond donors (Lipinski definition) is 0. The van der Waals surface area contributed by atoms with E-state index in [1.807, 2.05) is 30.3 Å². The second kappa shape index (κ2) is 6.79. The molecule has 0 N–H and O–H groups in total. The van der Waals surface area contributed by atoms with Crippen LogP contribution in [0.25, 0.3) is 6.08 Å². The average Bonchev–Trinajstić information content (AvgIpc) is 2.28. The molecule has 3 heteroatoms. The van der Waals surface area contributed by atoms with Gasteiger partial charge in [0.25, 0.3) is 0 Å². The van der Waals surface area contributed by atoms with E-state index in [-0.39, 0.29) is 12.6 Å². The van der Waals surface area contributed by atoms with E-state index < -0.39 is 0 Å². The molecule has 0 bridgehead atoms. The van der Waals surface area contributed by atoms with Gasteiger partial charge in [-0.25, -0.2) is 4.79 Å². The van der Waals surface area contributed by atoms with Crippen molar-refractivity contribution in [2.45, 2.75) is 0 Å². The fourth-order valence-electron chi connectivity index (χ4n) is 1.00. The molecule has 1 rings (SSSR count). The molecule has 1 aromatic rings. The van der Waals surface area contributed by atoms with Crippen molar-refractivity contribution in [3.8, 4) is 0 Å². The van der Waals surface area contributed by atoms with Crippen LogP contribution < -0.4 is 0 Å². The van der Waals surface area contributed by atoms with Gasteiger partial charge in [-0.1, -0.05) is 30.3 Å². The molecule has 0 saturated heterocycles. The summed E-state index contributed by atoms with van der Waals surface area (Å²) in [6, 6.07) is 9.58. The SMILES string of the molecule is COCCOC(=O)C=Cc1ccccc1. The summed E-state index contributed by atoms with van der Waals surface area (Å²) < 4.78 is 9.61. The highest BCUT2D eigenvalue weighted by Crippen LogP contribution is 2.00. The van der Waals surface area contributed by atoms with Gasteiger partial charge in [-0.05, 0) is 11.6 Å². The molecular formula is C12H14O3. The molecule has 0 spiro atoms. The van der Waals surface area contributed by atoms with E-state index >= 15 is 0 Å². The molecule has 3 nitrogen and oxygen atoms in total. The van der Waals surface area contributed by atoms with Crippen LogP contribution in [0.1, 0.15) is 5.56 Å². The molecule has 1 aromatic carbocycles. The number of carbonyl (C=O) groups excluding carboxylic acids is 1. The number of methoxy groups -OCH3 is 1.